The fraction of sp³-hybridized carbons (Fsp3) is 0.333. The van der Waals surface area contributed by atoms with Crippen molar-refractivity contribution in [1.29, 1.82) is 0 Å². The Morgan fingerprint density at radius 2 is 1.74 bits per heavy atom. The van der Waals surface area contributed by atoms with Gasteiger partial charge in [-0.05, 0) is 80.9 Å². The van der Waals surface area contributed by atoms with Crippen LogP contribution in [0.15, 0.2) is 54.6 Å². The zero-order valence-corrected chi connectivity index (χ0v) is 25.2. The lowest BCUT2D eigenvalue weighted by Crippen LogP contribution is -2.36. The van der Waals surface area contributed by atoms with Gasteiger partial charge in [-0.15, -0.1) is 0 Å². The molecular weight excluding hydrogens is 538 g/mol. The Morgan fingerprint density at radius 3 is 2.36 bits per heavy atom. The molecule has 1 heterocycles. The van der Waals surface area contributed by atoms with Crippen molar-refractivity contribution in [2.75, 3.05) is 33.1 Å². The van der Waals surface area contributed by atoms with E-state index in [0.29, 0.717) is 22.4 Å². The van der Waals surface area contributed by atoms with Crippen molar-refractivity contribution in [3.05, 3.63) is 93.4 Å². The number of aromatic amines is 1. The number of imidazole rings is 1. The van der Waals surface area contributed by atoms with Crippen LogP contribution in [0.4, 0.5) is 14.5 Å². The third-order valence-corrected chi connectivity index (χ3v) is 7.49. The molecule has 222 valence electrons. The average Bonchev–Trinajstić information content (AvgIpc) is 3.25. The van der Waals surface area contributed by atoms with Crippen LogP contribution in [-0.2, 0) is 12.3 Å². The molecule has 1 amide bonds. The molecule has 7 nitrogen and oxygen atoms in total. The molecule has 0 radical (unpaired) electrons. The zero-order chi connectivity index (χ0) is 30.8. The van der Waals surface area contributed by atoms with Gasteiger partial charge in [0, 0.05) is 36.7 Å². The Labute approximate surface area is 245 Å². The first-order valence-corrected chi connectivity index (χ1v) is 13.9. The SMILES string of the molecule is CCC(F)(F)c1cccc(NC(=O)c2c(C)[nH]c(-c3cc(CCN(C)C)c(OC)c(-c4c(C)cccc4C)c3)[n+]2[O-])c1. The molecule has 0 aliphatic carbocycles. The van der Waals surface area contributed by atoms with Crippen molar-refractivity contribution in [3.8, 4) is 28.3 Å². The van der Waals surface area contributed by atoms with Crippen LogP contribution in [0.2, 0.25) is 0 Å². The predicted molar refractivity (Wildman–Crippen MR) is 162 cm³/mol. The molecule has 4 rings (SSSR count). The van der Waals surface area contributed by atoms with Gasteiger partial charge in [-0.1, -0.05) is 37.3 Å². The number of H-pyrrole nitrogens is 1. The van der Waals surface area contributed by atoms with Crippen LogP contribution in [0.25, 0.3) is 22.5 Å². The summed E-state index contributed by atoms with van der Waals surface area (Å²) in [5.41, 5.74) is 5.72. The minimum atomic E-state index is -3.03. The second kappa shape index (κ2) is 12.3. The van der Waals surface area contributed by atoms with E-state index in [-0.39, 0.29) is 29.2 Å². The third-order valence-electron chi connectivity index (χ3n) is 7.49. The van der Waals surface area contributed by atoms with Crippen molar-refractivity contribution in [2.45, 2.75) is 46.5 Å². The third kappa shape index (κ3) is 6.16. The molecule has 42 heavy (non-hydrogen) atoms. The molecule has 9 heteroatoms. The van der Waals surface area contributed by atoms with Gasteiger partial charge < -0.3 is 20.2 Å². The van der Waals surface area contributed by atoms with Gasteiger partial charge in [0.15, 0.2) is 5.69 Å². The second-order valence-electron chi connectivity index (χ2n) is 10.9. The maximum atomic E-state index is 14.3. The monoisotopic (exact) mass is 576 g/mol. The molecule has 0 unspecified atom stereocenters. The highest BCUT2D eigenvalue weighted by Gasteiger charge is 2.30. The van der Waals surface area contributed by atoms with Crippen LogP contribution in [0.1, 0.15) is 51.8 Å². The number of likely N-dealkylation sites (N-methyl/N-ethyl adjacent to an activating group) is 1. The Kier molecular flexibility index (Phi) is 9.01. The van der Waals surface area contributed by atoms with Crippen LogP contribution in [0, 0.1) is 26.0 Å². The lowest BCUT2D eigenvalue weighted by molar-refractivity contribution is -0.594. The summed E-state index contributed by atoms with van der Waals surface area (Å²) in [6, 6.07) is 15.4. The summed E-state index contributed by atoms with van der Waals surface area (Å²) < 4.78 is 35.0. The minimum Gasteiger partial charge on any atom is -0.710 e. The van der Waals surface area contributed by atoms with Gasteiger partial charge in [0.05, 0.1) is 12.7 Å². The summed E-state index contributed by atoms with van der Waals surface area (Å²) in [5, 5.41) is 16.3. The van der Waals surface area contributed by atoms with E-state index in [9.17, 15) is 18.8 Å². The van der Waals surface area contributed by atoms with E-state index >= 15 is 0 Å². The minimum absolute atomic E-state index is 0.142. The Hall–Kier alpha value is -4.24. The van der Waals surface area contributed by atoms with Crippen LogP contribution < -0.4 is 14.8 Å². The van der Waals surface area contributed by atoms with Gasteiger partial charge in [-0.2, -0.15) is 0 Å². The van der Waals surface area contributed by atoms with Crippen LogP contribution in [0.5, 0.6) is 5.75 Å². The standard InChI is InChI=1S/C33H38F2N4O3/c1-8-33(34,35)25-13-10-14-26(19-25)37-32(40)29-22(4)36-31(39(29)41)24-17-23(15-16-38(5)6)30(42-7)27(18-24)28-20(2)11-9-12-21(28)3/h9-14,17-19,36H,8,15-16H2,1-7H3,(H,37,40). The fourth-order valence-corrected chi connectivity index (χ4v) is 5.24. The van der Waals surface area contributed by atoms with Crippen molar-refractivity contribution >= 4 is 11.6 Å². The molecule has 0 atom stereocenters. The lowest BCUT2D eigenvalue weighted by atomic mass is 9.91. The van der Waals surface area contributed by atoms with Crippen LogP contribution in [-0.4, -0.2) is 43.5 Å². The summed E-state index contributed by atoms with van der Waals surface area (Å²) in [7, 11) is 5.63. The van der Waals surface area contributed by atoms with Gasteiger partial charge in [0.1, 0.15) is 5.75 Å². The normalized spacial score (nSPS) is 11.7. The number of methoxy groups -OCH3 is 1. The van der Waals surface area contributed by atoms with Gasteiger partial charge in [-0.3, -0.25) is 4.79 Å². The Balaban J connectivity index is 1.81. The molecule has 1 aromatic heterocycles. The number of ether oxygens (including phenoxy) is 1. The highest BCUT2D eigenvalue weighted by Crippen LogP contribution is 2.40. The van der Waals surface area contributed by atoms with Gasteiger partial charge >= 0.3 is 0 Å². The molecule has 0 fully saturated rings. The summed E-state index contributed by atoms with van der Waals surface area (Å²) in [4.78, 5) is 18.5. The quantitative estimate of drug-likeness (QED) is 0.161. The first kappa shape index (κ1) is 30.7. The maximum Gasteiger partial charge on any atom is 0.300 e. The number of nitrogens with zero attached hydrogens (tertiary/aromatic N) is 2. The smallest absolute Gasteiger partial charge is 0.300 e. The van der Waals surface area contributed by atoms with E-state index in [4.69, 9.17) is 4.74 Å². The fourth-order valence-electron chi connectivity index (χ4n) is 5.24. The van der Waals surface area contributed by atoms with E-state index in [0.717, 1.165) is 40.1 Å². The largest absolute Gasteiger partial charge is 0.710 e. The molecule has 3 aromatic carbocycles. The topological polar surface area (TPSA) is 84.3 Å². The number of amides is 1. The average molecular weight is 577 g/mol. The number of nitrogens with one attached hydrogen (secondary N) is 2. The molecule has 4 aromatic rings. The molecular formula is C33H38F2N4O3. The first-order valence-electron chi connectivity index (χ1n) is 13.9. The highest BCUT2D eigenvalue weighted by molar-refractivity contribution is 6.03. The molecule has 0 aliphatic rings. The molecule has 0 saturated heterocycles. The van der Waals surface area contributed by atoms with E-state index in [1.807, 2.05) is 58.3 Å². The molecule has 0 spiro atoms. The number of anilines is 1. The van der Waals surface area contributed by atoms with Crippen molar-refractivity contribution in [3.63, 3.8) is 0 Å². The number of aryl methyl sites for hydroxylation is 3. The van der Waals surface area contributed by atoms with Crippen LogP contribution in [0.3, 0.4) is 0 Å². The molecule has 0 bridgehead atoms. The summed E-state index contributed by atoms with van der Waals surface area (Å²) in [6.45, 7) is 7.87. The van der Waals surface area contributed by atoms with Crippen molar-refractivity contribution in [1.82, 2.24) is 9.88 Å². The maximum absolute atomic E-state index is 14.3. The van der Waals surface area contributed by atoms with Crippen molar-refractivity contribution in [2.24, 2.45) is 0 Å². The van der Waals surface area contributed by atoms with Gasteiger partial charge in [0.25, 0.3) is 17.7 Å². The molecule has 2 N–H and O–H groups in total. The zero-order valence-electron chi connectivity index (χ0n) is 25.2. The highest BCUT2D eigenvalue weighted by atomic mass is 19.3. The number of halogens is 2. The molecule has 0 saturated carbocycles. The van der Waals surface area contributed by atoms with Crippen LogP contribution >= 0.6 is 0 Å². The number of aromatic nitrogens is 2. The lowest BCUT2D eigenvalue weighted by Gasteiger charge is -2.20. The summed E-state index contributed by atoms with van der Waals surface area (Å²) in [6.07, 6.45) is 0.306. The van der Waals surface area contributed by atoms with E-state index in [1.54, 1.807) is 14.0 Å². The number of hydrogen-bond donors (Lipinski definition) is 2. The number of hydrogen-bond acceptors (Lipinski definition) is 4. The predicted octanol–water partition coefficient (Wildman–Crippen LogP) is 6.77. The van der Waals surface area contributed by atoms with E-state index in [2.05, 4.69) is 15.2 Å². The van der Waals surface area contributed by atoms with E-state index in [1.165, 1.54) is 31.2 Å². The Bertz CT molecular complexity index is 1590. The Morgan fingerprint density at radius 1 is 1.07 bits per heavy atom. The summed E-state index contributed by atoms with van der Waals surface area (Å²) in [5.74, 6) is -2.79. The van der Waals surface area contributed by atoms with Crippen molar-refractivity contribution < 1.29 is 23.0 Å². The number of carbonyl (C=O) groups is 1. The second-order valence-corrected chi connectivity index (χ2v) is 10.9. The number of rotatable bonds is 10. The summed E-state index contributed by atoms with van der Waals surface area (Å²) >= 11 is 0. The first-order chi connectivity index (χ1) is 19.9. The molecule has 0 aliphatic heterocycles. The van der Waals surface area contributed by atoms with E-state index < -0.39 is 11.8 Å². The number of alkyl halides is 2. The number of carbonyl (C=O) groups excluding carboxylic acids is 1. The van der Waals surface area contributed by atoms with Gasteiger partial charge in [0.2, 0.25) is 5.69 Å². The number of benzene rings is 3. The van der Waals surface area contributed by atoms with Gasteiger partial charge in [-0.25, -0.2) is 18.5 Å².